The lowest BCUT2D eigenvalue weighted by Gasteiger charge is -2.11. The summed E-state index contributed by atoms with van der Waals surface area (Å²) >= 11 is 0. The van der Waals surface area contributed by atoms with Gasteiger partial charge in [-0.2, -0.15) is 0 Å². The van der Waals surface area contributed by atoms with Gasteiger partial charge >= 0.3 is 0 Å². The molecule has 2 aromatic rings. The summed E-state index contributed by atoms with van der Waals surface area (Å²) in [6.07, 6.45) is 0. The monoisotopic (exact) mass is 333 g/mol. The highest BCUT2D eigenvalue weighted by Gasteiger charge is 2.06. The molecule has 0 aliphatic rings. The number of aliphatic hydroxyl groups is 1. The molecule has 24 heavy (non-hydrogen) atoms. The van der Waals surface area contributed by atoms with Crippen LogP contribution in [0, 0.1) is 5.82 Å². The Hall–Kier alpha value is -2.80. The summed E-state index contributed by atoms with van der Waals surface area (Å²) < 4.78 is 23.7. The molecule has 7 heteroatoms. The SMILES string of the molecule is COc1ccc(NC(N)=NCc2ccc(F)c(CO)c2)cc1OC. The van der Waals surface area contributed by atoms with E-state index in [1.165, 1.54) is 6.07 Å². The zero-order valence-electron chi connectivity index (χ0n) is 13.5. The van der Waals surface area contributed by atoms with Gasteiger partial charge in [0.2, 0.25) is 0 Å². The van der Waals surface area contributed by atoms with Gasteiger partial charge in [-0.1, -0.05) is 6.07 Å². The maximum atomic E-state index is 13.3. The zero-order chi connectivity index (χ0) is 17.5. The predicted octanol–water partition coefficient (Wildman–Crippen LogP) is 2.26. The van der Waals surface area contributed by atoms with E-state index in [1.54, 1.807) is 44.6 Å². The molecule has 0 unspecified atom stereocenters. The van der Waals surface area contributed by atoms with Gasteiger partial charge in [0.05, 0.1) is 27.4 Å². The molecular weight excluding hydrogens is 313 g/mol. The fraction of sp³-hybridized carbons (Fsp3) is 0.235. The van der Waals surface area contributed by atoms with E-state index in [1.807, 2.05) is 0 Å². The average molecular weight is 333 g/mol. The number of ether oxygens (including phenoxy) is 2. The molecule has 0 radical (unpaired) electrons. The number of nitrogens with two attached hydrogens (primary N) is 1. The van der Waals surface area contributed by atoms with Crippen molar-refractivity contribution in [2.24, 2.45) is 10.7 Å². The van der Waals surface area contributed by atoms with E-state index in [0.29, 0.717) is 17.2 Å². The molecular formula is C17H20FN3O3. The Morgan fingerprint density at radius 1 is 1.17 bits per heavy atom. The number of nitrogens with zero attached hydrogens (tertiary/aromatic N) is 1. The summed E-state index contributed by atoms with van der Waals surface area (Å²) in [7, 11) is 3.11. The van der Waals surface area contributed by atoms with Gasteiger partial charge in [0.25, 0.3) is 0 Å². The Morgan fingerprint density at radius 3 is 2.58 bits per heavy atom. The lowest BCUT2D eigenvalue weighted by Crippen LogP contribution is -2.22. The number of benzene rings is 2. The number of methoxy groups -OCH3 is 2. The average Bonchev–Trinajstić information content (AvgIpc) is 2.60. The van der Waals surface area contributed by atoms with Gasteiger partial charge in [0, 0.05) is 17.3 Å². The number of hydrogen-bond acceptors (Lipinski definition) is 4. The molecule has 0 atom stereocenters. The van der Waals surface area contributed by atoms with Crippen LogP contribution in [-0.2, 0) is 13.2 Å². The second-order valence-corrected chi connectivity index (χ2v) is 4.98. The first kappa shape index (κ1) is 17.6. The Balaban J connectivity index is 2.06. The topological polar surface area (TPSA) is 89.1 Å². The number of nitrogens with one attached hydrogen (secondary N) is 1. The van der Waals surface area contributed by atoms with Crippen LogP contribution in [0.5, 0.6) is 11.5 Å². The lowest BCUT2D eigenvalue weighted by atomic mass is 10.1. The minimum absolute atomic E-state index is 0.206. The molecule has 0 spiro atoms. The summed E-state index contributed by atoms with van der Waals surface area (Å²) in [6.45, 7) is -0.0951. The summed E-state index contributed by atoms with van der Waals surface area (Å²) in [5.74, 6) is 0.946. The van der Waals surface area contributed by atoms with Crippen molar-refractivity contribution in [2.45, 2.75) is 13.2 Å². The van der Waals surface area contributed by atoms with Crippen molar-refractivity contribution in [1.82, 2.24) is 0 Å². The quantitative estimate of drug-likeness (QED) is 0.557. The van der Waals surface area contributed by atoms with Crippen molar-refractivity contribution in [3.63, 3.8) is 0 Å². The van der Waals surface area contributed by atoms with Crippen LogP contribution in [0.25, 0.3) is 0 Å². The van der Waals surface area contributed by atoms with Gasteiger partial charge in [-0.3, -0.25) is 0 Å². The van der Waals surface area contributed by atoms with Gasteiger partial charge in [-0.05, 0) is 29.8 Å². The standard InChI is InChI=1S/C17H20FN3O3/c1-23-15-6-4-13(8-16(15)24-2)21-17(19)20-9-11-3-5-14(18)12(7-11)10-22/h3-8,22H,9-10H2,1-2H3,(H3,19,20,21). The third kappa shape index (κ3) is 4.36. The second-order valence-electron chi connectivity index (χ2n) is 4.98. The molecule has 6 nitrogen and oxygen atoms in total. The summed E-state index contributed by atoms with van der Waals surface area (Å²) in [5.41, 5.74) is 7.54. The molecule has 0 bridgehead atoms. The zero-order valence-corrected chi connectivity index (χ0v) is 13.5. The minimum atomic E-state index is -0.443. The molecule has 128 valence electrons. The Bertz CT molecular complexity index is 735. The first-order valence-electron chi connectivity index (χ1n) is 7.24. The molecule has 0 fully saturated rings. The molecule has 0 amide bonds. The number of halogens is 1. The minimum Gasteiger partial charge on any atom is -0.493 e. The number of aliphatic imine (C=N–C) groups is 1. The molecule has 2 rings (SSSR count). The summed E-state index contributed by atoms with van der Waals surface area (Å²) in [5, 5.41) is 12.0. The third-order valence-corrected chi connectivity index (χ3v) is 3.37. The van der Waals surface area contributed by atoms with Crippen LogP contribution in [0.15, 0.2) is 41.4 Å². The highest BCUT2D eigenvalue weighted by atomic mass is 19.1. The van der Waals surface area contributed by atoms with Crippen molar-refractivity contribution in [2.75, 3.05) is 19.5 Å². The van der Waals surface area contributed by atoms with Gasteiger partial charge in [0.1, 0.15) is 5.82 Å². The second kappa shape index (κ2) is 8.16. The Labute approximate surface area is 139 Å². The normalized spacial score (nSPS) is 11.2. The first-order valence-corrected chi connectivity index (χ1v) is 7.24. The van der Waals surface area contributed by atoms with Crippen LogP contribution in [-0.4, -0.2) is 25.3 Å². The van der Waals surface area contributed by atoms with Crippen LogP contribution in [0.1, 0.15) is 11.1 Å². The van der Waals surface area contributed by atoms with Crippen LogP contribution in [0.3, 0.4) is 0 Å². The number of aliphatic hydroxyl groups excluding tert-OH is 1. The molecule has 0 aromatic heterocycles. The molecule has 4 N–H and O–H groups in total. The number of rotatable bonds is 6. The highest BCUT2D eigenvalue weighted by molar-refractivity contribution is 5.92. The van der Waals surface area contributed by atoms with E-state index in [9.17, 15) is 4.39 Å². The first-order chi connectivity index (χ1) is 11.6. The fourth-order valence-corrected chi connectivity index (χ4v) is 2.13. The van der Waals surface area contributed by atoms with E-state index in [-0.39, 0.29) is 24.7 Å². The Morgan fingerprint density at radius 2 is 1.92 bits per heavy atom. The Kier molecular flexibility index (Phi) is 5.97. The van der Waals surface area contributed by atoms with Crippen molar-refractivity contribution in [3.8, 4) is 11.5 Å². The maximum Gasteiger partial charge on any atom is 0.193 e. The molecule has 0 aliphatic heterocycles. The van der Waals surface area contributed by atoms with Gasteiger partial charge in [-0.25, -0.2) is 9.38 Å². The van der Waals surface area contributed by atoms with E-state index >= 15 is 0 Å². The fourth-order valence-electron chi connectivity index (χ4n) is 2.13. The number of guanidine groups is 1. The van der Waals surface area contributed by atoms with E-state index in [0.717, 1.165) is 5.56 Å². The summed E-state index contributed by atoms with van der Waals surface area (Å²) in [6, 6.07) is 9.73. The predicted molar refractivity (Wildman–Crippen MR) is 90.8 cm³/mol. The van der Waals surface area contributed by atoms with E-state index in [2.05, 4.69) is 10.3 Å². The van der Waals surface area contributed by atoms with Crippen molar-refractivity contribution >= 4 is 11.6 Å². The van der Waals surface area contributed by atoms with Crippen molar-refractivity contribution in [1.29, 1.82) is 0 Å². The molecule has 0 aliphatic carbocycles. The molecule has 0 heterocycles. The molecule has 0 saturated heterocycles. The maximum absolute atomic E-state index is 13.3. The van der Waals surface area contributed by atoms with Crippen LogP contribution < -0.4 is 20.5 Å². The van der Waals surface area contributed by atoms with Crippen LogP contribution >= 0.6 is 0 Å². The lowest BCUT2D eigenvalue weighted by molar-refractivity contribution is 0.275. The van der Waals surface area contributed by atoms with E-state index in [4.69, 9.17) is 20.3 Å². The summed E-state index contributed by atoms with van der Waals surface area (Å²) in [4.78, 5) is 4.20. The molecule has 0 saturated carbocycles. The number of hydrogen-bond donors (Lipinski definition) is 3. The van der Waals surface area contributed by atoms with Gasteiger partial charge in [0.15, 0.2) is 17.5 Å². The van der Waals surface area contributed by atoms with E-state index < -0.39 is 5.82 Å². The van der Waals surface area contributed by atoms with Crippen molar-refractivity contribution < 1.29 is 19.0 Å². The van der Waals surface area contributed by atoms with Crippen LogP contribution in [0.2, 0.25) is 0 Å². The van der Waals surface area contributed by atoms with Crippen molar-refractivity contribution in [3.05, 3.63) is 53.3 Å². The van der Waals surface area contributed by atoms with Gasteiger partial charge in [-0.15, -0.1) is 0 Å². The number of anilines is 1. The smallest absolute Gasteiger partial charge is 0.193 e. The third-order valence-electron chi connectivity index (χ3n) is 3.37. The largest absolute Gasteiger partial charge is 0.493 e. The van der Waals surface area contributed by atoms with Crippen LogP contribution in [0.4, 0.5) is 10.1 Å². The molecule has 2 aromatic carbocycles. The van der Waals surface area contributed by atoms with Gasteiger partial charge < -0.3 is 25.6 Å². The highest BCUT2D eigenvalue weighted by Crippen LogP contribution is 2.29.